The fourth-order valence-electron chi connectivity index (χ4n) is 1.72. The van der Waals surface area contributed by atoms with Crippen molar-refractivity contribution in [1.82, 2.24) is 10.2 Å². The summed E-state index contributed by atoms with van der Waals surface area (Å²) in [4.78, 5) is 16.1. The van der Waals surface area contributed by atoms with Crippen LogP contribution < -0.4 is 5.32 Å². The molecule has 1 N–H and O–H groups in total. The van der Waals surface area contributed by atoms with Crippen molar-refractivity contribution in [3.05, 3.63) is 51.1 Å². The number of urea groups is 1. The summed E-state index contributed by atoms with van der Waals surface area (Å²) in [5, 5.41) is 2.94. The largest absolute Gasteiger partial charge is 0.337 e. The first kappa shape index (κ1) is 16.4. The number of amides is 2. The SMILES string of the molecule is CN(Cc1ccc(Br)s1)C(=O)NCCSc1ccccc1. The lowest BCUT2D eigenvalue weighted by molar-refractivity contribution is 0.208. The number of carbonyl (C=O) groups is 1. The molecule has 0 saturated heterocycles. The van der Waals surface area contributed by atoms with E-state index in [4.69, 9.17) is 0 Å². The lowest BCUT2D eigenvalue weighted by Crippen LogP contribution is -2.37. The number of nitrogens with one attached hydrogen (secondary N) is 1. The molecule has 0 aliphatic heterocycles. The monoisotopic (exact) mass is 384 g/mol. The van der Waals surface area contributed by atoms with Crippen LogP contribution in [-0.4, -0.2) is 30.3 Å². The number of benzene rings is 1. The van der Waals surface area contributed by atoms with Crippen LogP contribution in [0.4, 0.5) is 4.79 Å². The molecule has 0 saturated carbocycles. The highest BCUT2D eigenvalue weighted by Gasteiger charge is 2.09. The van der Waals surface area contributed by atoms with Crippen molar-refractivity contribution in [1.29, 1.82) is 0 Å². The van der Waals surface area contributed by atoms with E-state index in [0.717, 1.165) is 14.4 Å². The van der Waals surface area contributed by atoms with E-state index in [1.54, 1.807) is 28.0 Å². The predicted molar refractivity (Wildman–Crippen MR) is 94.1 cm³/mol. The third-order valence-corrected chi connectivity index (χ3v) is 5.38. The number of nitrogens with zero attached hydrogens (tertiary/aromatic N) is 1. The molecule has 0 aliphatic rings. The average molecular weight is 385 g/mol. The fraction of sp³-hybridized carbons (Fsp3) is 0.267. The van der Waals surface area contributed by atoms with Crippen LogP contribution in [0.2, 0.25) is 0 Å². The van der Waals surface area contributed by atoms with Crippen molar-refractivity contribution in [2.24, 2.45) is 0 Å². The molecule has 0 unspecified atom stereocenters. The molecule has 6 heteroatoms. The van der Waals surface area contributed by atoms with E-state index in [2.05, 4.69) is 33.4 Å². The summed E-state index contributed by atoms with van der Waals surface area (Å²) in [6.07, 6.45) is 0. The van der Waals surface area contributed by atoms with Gasteiger partial charge in [-0.25, -0.2) is 4.79 Å². The molecule has 0 fully saturated rings. The van der Waals surface area contributed by atoms with Gasteiger partial charge in [0.1, 0.15) is 0 Å². The van der Waals surface area contributed by atoms with Gasteiger partial charge in [-0.2, -0.15) is 0 Å². The van der Waals surface area contributed by atoms with Gasteiger partial charge in [-0.15, -0.1) is 23.1 Å². The Balaban J connectivity index is 1.67. The van der Waals surface area contributed by atoms with Gasteiger partial charge in [-0.05, 0) is 40.2 Å². The number of rotatable bonds is 6. The molecule has 21 heavy (non-hydrogen) atoms. The van der Waals surface area contributed by atoms with Crippen LogP contribution in [0.3, 0.4) is 0 Å². The normalized spacial score (nSPS) is 10.4. The molecule has 3 nitrogen and oxygen atoms in total. The Bertz CT molecular complexity index is 574. The maximum Gasteiger partial charge on any atom is 0.317 e. The second kappa shape index (κ2) is 8.46. The number of thiophene rings is 1. The van der Waals surface area contributed by atoms with Crippen LogP contribution >= 0.6 is 39.0 Å². The van der Waals surface area contributed by atoms with Gasteiger partial charge in [0.15, 0.2) is 0 Å². The van der Waals surface area contributed by atoms with E-state index in [0.29, 0.717) is 13.1 Å². The van der Waals surface area contributed by atoms with Crippen molar-refractivity contribution < 1.29 is 4.79 Å². The van der Waals surface area contributed by atoms with Crippen LogP contribution in [-0.2, 0) is 6.54 Å². The molecule has 0 atom stereocenters. The van der Waals surface area contributed by atoms with Gasteiger partial charge in [-0.1, -0.05) is 18.2 Å². The maximum atomic E-state index is 12.0. The van der Waals surface area contributed by atoms with Crippen LogP contribution in [0.1, 0.15) is 4.88 Å². The van der Waals surface area contributed by atoms with E-state index >= 15 is 0 Å². The van der Waals surface area contributed by atoms with E-state index in [9.17, 15) is 4.79 Å². The van der Waals surface area contributed by atoms with Crippen LogP contribution in [0.5, 0.6) is 0 Å². The van der Waals surface area contributed by atoms with Crippen molar-refractivity contribution >= 4 is 45.1 Å². The van der Waals surface area contributed by atoms with Crippen LogP contribution in [0.25, 0.3) is 0 Å². The number of hydrogen-bond acceptors (Lipinski definition) is 3. The van der Waals surface area contributed by atoms with Crippen molar-refractivity contribution in [2.45, 2.75) is 11.4 Å². The number of halogens is 1. The molecule has 0 aliphatic carbocycles. The summed E-state index contributed by atoms with van der Waals surface area (Å²) < 4.78 is 1.09. The first-order chi connectivity index (χ1) is 10.1. The second-order valence-corrected chi connectivity index (χ2v) is 8.17. The fourth-order valence-corrected chi connectivity index (χ4v) is 4.05. The minimum Gasteiger partial charge on any atom is -0.337 e. The summed E-state index contributed by atoms with van der Waals surface area (Å²) in [7, 11) is 1.81. The summed E-state index contributed by atoms with van der Waals surface area (Å²) in [6, 6.07) is 14.2. The summed E-state index contributed by atoms with van der Waals surface area (Å²) >= 11 is 6.82. The third kappa shape index (κ3) is 5.73. The summed E-state index contributed by atoms with van der Waals surface area (Å²) in [6.45, 7) is 1.30. The maximum absolute atomic E-state index is 12.0. The Morgan fingerprint density at radius 2 is 2.05 bits per heavy atom. The van der Waals surface area contributed by atoms with Gasteiger partial charge in [0, 0.05) is 29.1 Å². The van der Waals surface area contributed by atoms with Gasteiger partial charge in [-0.3, -0.25) is 0 Å². The first-order valence-electron chi connectivity index (χ1n) is 6.56. The van der Waals surface area contributed by atoms with Crippen LogP contribution in [0, 0.1) is 0 Å². The van der Waals surface area contributed by atoms with Gasteiger partial charge < -0.3 is 10.2 Å². The number of thioether (sulfide) groups is 1. The Kier molecular flexibility index (Phi) is 6.60. The minimum absolute atomic E-state index is 0.0341. The molecule has 2 aromatic rings. The van der Waals surface area contributed by atoms with Gasteiger partial charge in [0.2, 0.25) is 0 Å². The van der Waals surface area contributed by atoms with Gasteiger partial charge >= 0.3 is 6.03 Å². The highest BCUT2D eigenvalue weighted by atomic mass is 79.9. The number of hydrogen-bond donors (Lipinski definition) is 1. The molecule has 112 valence electrons. The van der Waals surface area contributed by atoms with Crippen molar-refractivity contribution in [3.8, 4) is 0 Å². The summed E-state index contributed by atoms with van der Waals surface area (Å²) in [5.41, 5.74) is 0. The van der Waals surface area contributed by atoms with Gasteiger partial charge in [0.25, 0.3) is 0 Å². The van der Waals surface area contributed by atoms with E-state index in [-0.39, 0.29) is 6.03 Å². The third-order valence-electron chi connectivity index (χ3n) is 2.76. The van der Waals surface area contributed by atoms with E-state index < -0.39 is 0 Å². The molecule has 1 heterocycles. The summed E-state index contributed by atoms with van der Waals surface area (Å²) in [5.74, 6) is 0.869. The smallest absolute Gasteiger partial charge is 0.317 e. The lowest BCUT2D eigenvalue weighted by Gasteiger charge is -2.17. The Hall–Kier alpha value is -0.980. The molecule has 0 radical (unpaired) electrons. The molecule has 1 aromatic carbocycles. The zero-order chi connectivity index (χ0) is 15.1. The Morgan fingerprint density at radius 1 is 1.29 bits per heavy atom. The molecule has 0 spiro atoms. The molecule has 2 amide bonds. The highest BCUT2D eigenvalue weighted by Crippen LogP contribution is 2.23. The quantitative estimate of drug-likeness (QED) is 0.589. The van der Waals surface area contributed by atoms with Crippen LogP contribution in [0.15, 0.2) is 51.1 Å². The molecular weight excluding hydrogens is 368 g/mol. The second-order valence-electron chi connectivity index (χ2n) is 4.46. The zero-order valence-electron chi connectivity index (χ0n) is 11.7. The highest BCUT2D eigenvalue weighted by molar-refractivity contribution is 9.11. The number of carbonyl (C=O) groups excluding carboxylic acids is 1. The van der Waals surface area contributed by atoms with E-state index in [1.165, 1.54) is 4.90 Å². The first-order valence-corrected chi connectivity index (χ1v) is 9.15. The average Bonchev–Trinajstić information content (AvgIpc) is 2.89. The Morgan fingerprint density at radius 3 is 2.71 bits per heavy atom. The molecular formula is C15H17BrN2OS2. The zero-order valence-corrected chi connectivity index (χ0v) is 14.9. The molecule has 2 rings (SSSR count). The minimum atomic E-state index is -0.0341. The Labute approximate surface area is 141 Å². The lowest BCUT2D eigenvalue weighted by atomic mass is 10.4. The van der Waals surface area contributed by atoms with E-state index in [1.807, 2.05) is 37.4 Å². The molecule has 1 aromatic heterocycles. The molecule has 0 bridgehead atoms. The van der Waals surface area contributed by atoms with Crippen molar-refractivity contribution in [3.63, 3.8) is 0 Å². The van der Waals surface area contributed by atoms with Crippen molar-refractivity contribution in [2.75, 3.05) is 19.3 Å². The van der Waals surface area contributed by atoms with Gasteiger partial charge in [0.05, 0.1) is 10.3 Å². The predicted octanol–water partition coefficient (Wildman–Crippen LogP) is 4.44. The topological polar surface area (TPSA) is 32.3 Å². The standard InChI is InChI=1S/C15H17BrN2OS2/c1-18(11-13-7-8-14(16)21-13)15(19)17-9-10-20-12-5-3-2-4-6-12/h2-8H,9-11H2,1H3,(H,17,19).